The summed E-state index contributed by atoms with van der Waals surface area (Å²) in [6.45, 7) is 0.810. The lowest BCUT2D eigenvalue weighted by molar-refractivity contribution is -0.119. The number of hydrogen-bond donors (Lipinski definition) is 1. The van der Waals surface area contributed by atoms with Gasteiger partial charge in [-0.2, -0.15) is 0 Å². The maximum Gasteiger partial charge on any atom is 0.240 e. The van der Waals surface area contributed by atoms with Crippen molar-refractivity contribution in [2.24, 2.45) is 0 Å². The van der Waals surface area contributed by atoms with E-state index in [0.717, 1.165) is 22.8 Å². The molecule has 0 aliphatic carbocycles. The molecule has 0 saturated heterocycles. The standard InChI is InChI=1S/C19H23Cl2N3O3S/c1-23(16-7-4-3-5-8-16)12-6-11-22-19(25)14-24(28(2,26)27)18-13-15(20)9-10-17(18)21/h3-5,7-10,13H,6,11-12,14H2,1-2H3,(H,22,25). The Morgan fingerprint density at radius 1 is 1.11 bits per heavy atom. The van der Waals surface area contributed by atoms with Crippen LogP contribution >= 0.6 is 23.2 Å². The Morgan fingerprint density at radius 3 is 2.43 bits per heavy atom. The molecule has 9 heteroatoms. The minimum atomic E-state index is -3.71. The summed E-state index contributed by atoms with van der Waals surface area (Å²) in [5.41, 5.74) is 1.27. The predicted octanol–water partition coefficient (Wildman–Crippen LogP) is 3.40. The van der Waals surface area contributed by atoms with Gasteiger partial charge in [0.15, 0.2) is 0 Å². The summed E-state index contributed by atoms with van der Waals surface area (Å²) in [5, 5.41) is 3.28. The average Bonchev–Trinajstić information content (AvgIpc) is 2.65. The van der Waals surface area contributed by atoms with Crippen molar-refractivity contribution in [2.75, 3.05) is 42.1 Å². The Bertz CT molecular complexity index is 908. The molecule has 0 aromatic heterocycles. The first-order valence-electron chi connectivity index (χ1n) is 8.64. The van der Waals surface area contributed by atoms with E-state index in [-0.39, 0.29) is 17.3 Å². The van der Waals surface area contributed by atoms with E-state index < -0.39 is 15.9 Å². The molecule has 28 heavy (non-hydrogen) atoms. The highest BCUT2D eigenvalue weighted by Gasteiger charge is 2.23. The lowest BCUT2D eigenvalue weighted by atomic mass is 10.3. The van der Waals surface area contributed by atoms with E-state index in [1.165, 1.54) is 12.1 Å². The van der Waals surface area contributed by atoms with Crippen molar-refractivity contribution >= 4 is 50.5 Å². The number of nitrogens with one attached hydrogen (secondary N) is 1. The lowest BCUT2D eigenvalue weighted by Crippen LogP contribution is -2.41. The monoisotopic (exact) mass is 443 g/mol. The van der Waals surface area contributed by atoms with E-state index in [2.05, 4.69) is 10.2 Å². The van der Waals surface area contributed by atoms with Crippen molar-refractivity contribution < 1.29 is 13.2 Å². The number of sulfonamides is 1. The van der Waals surface area contributed by atoms with Gasteiger partial charge in [0, 0.05) is 30.8 Å². The van der Waals surface area contributed by atoms with E-state index in [9.17, 15) is 13.2 Å². The summed E-state index contributed by atoms with van der Waals surface area (Å²) >= 11 is 12.0. The maximum atomic E-state index is 12.3. The van der Waals surface area contributed by atoms with Crippen molar-refractivity contribution in [2.45, 2.75) is 6.42 Å². The second kappa shape index (κ2) is 10.0. The minimum absolute atomic E-state index is 0.177. The van der Waals surface area contributed by atoms with Crippen molar-refractivity contribution in [3.8, 4) is 0 Å². The molecule has 0 atom stereocenters. The summed E-state index contributed by atoms with van der Waals surface area (Å²) < 4.78 is 25.2. The molecule has 0 unspecified atom stereocenters. The minimum Gasteiger partial charge on any atom is -0.375 e. The molecule has 0 bridgehead atoms. The van der Waals surface area contributed by atoms with Gasteiger partial charge in [-0.25, -0.2) is 8.42 Å². The van der Waals surface area contributed by atoms with Gasteiger partial charge in [-0.3, -0.25) is 9.10 Å². The number of hydrogen-bond acceptors (Lipinski definition) is 4. The van der Waals surface area contributed by atoms with Gasteiger partial charge < -0.3 is 10.2 Å². The molecule has 6 nitrogen and oxygen atoms in total. The molecule has 152 valence electrons. The zero-order valence-electron chi connectivity index (χ0n) is 15.7. The fourth-order valence-electron chi connectivity index (χ4n) is 2.60. The van der Waals surface area contributed by atoms with Gasteiger partial charge in [-0.1, -0.05) is 41.4 Å². The summed E-state index contributed by atoms with van der Waals surface area (Å²) in [7, 11) is -1.74. The highest BCUT2D eigenvalue weighted by molar-refractivity contribution is 7.92. The summed E-state index contributed by atoms with van der Waals surface area (Å²) in [6.07, 6.45) is 1.74. The van der Waals surface area contributed by atoms with E-state index in [4.69, 9.17) is 23.2 Å². The zero-order valence-corrected chi connectivity index (χ0v) is 18.1. The van der Waals surface area contributed by atoms with Crippen molar-refractivity contribution in [3.63, 3.8) is 0 Å². The number of nitrogens with zero attached hydrogens (tertiary/aromatic N) is 2. The quantitative estimate of drug-likeness (QED) is 0.602. The molecule has 0 aliphatic heterocycles. The van der Waals surface area contributed by atoms with Crippen LogP contribution in [-0.2, 0) is 14.8 Å². The number of halogens is 2. The van der Waals surface area contributed by atoms with Crippen molar-refractivity contribution in [1.82, 2.24) is 5.32 Å². The van der Waals surface area contributed by atoms with Gasteiger partial charge in [-0.05, 0) is 36.8 Å². The van der Waals surface area contributed by atoms with Gasteiger partial charge >= 0.3 is 0 Å². The second-order valence-corrected chi connectivity index (χ2v) is 9.08. The lowest BCUT2D eigenvalue weighted by Gasteiger charge is -2.23. The van der Waals surface area contributed by atoms with Crippen LogP contribution in [-0.4, -0.2) is 47.3 Å². The van der Waals surface area contributed by atoms with Crippen LogP contribution in [0.2, 0.25) is 10.0 Å². The first-order chi connectivity index (χ1) is 13.2. The highest BCUT2D eigenvalue weighted by Crippen LogP contribution is 2.30. The third kappa shape index (κ3) is 6.58. The van der Waals surface area contributed by atoms with Crippen molar-refractivity contribution in [1.29, 1.82) is 0 Å². The van der Waals surface area contributed by atoms with E-state index in [1.807, 2.05) is 37.4 Å². The number of rotatable bonds is 9. The number of carbonyl (C=O) groups excluding carboxylic acids is 1. The molecular weight excluding hydrogens is 421 g/mol. The Balaban J connectivity index is 1.91. The van der Waals surface area contributed by atoms with Crippen LogP contribution in [0, 0.1) is 0 Å². The van der Waals surface area contributed by atoms with Gasteiger partial charge in [0.25, 0.3) is 0 Å². The number of anilines is 2. The molecule has 2 rings (SSSR count). The molecule has 0 radical (unpaired) electrons. The molecule has 1 N–H and O–H groups in total. The van der Waals surface area contributed by atoms with Gasteiger partial charge in [0.05, 0.1) is 17.0 Å². The van der Waals surface area contributed by atoms with Crippen LogP contribution < -0.4 is 14.5 Å². The molecule has 2 aromatic carbocycles. The Kier molecular flexibility index (Phi) is 7.98. The first-order valence-corrected chi connectivity index (χ1v) is 11.2. The molecule has 0 heterocycles. The largest absolute Gasteiger partial charge is 0.375 e. The fraction of sp³-hybridized carbons (Fsp3) is 0.316. The maximum absolute atomic E-state index is 12.3. The SMILES string of the molecule is CN(CCCNC(=O)CN(c1cc(Cl)ccc1Cl)S(C)(=O)=O)c1ccccc1. The van der Waals surface area contributed by atoms with Gasteiger partial charge in [0.1, 0.15) is 6.54 Å². The van der Waals surface area contributed by atoms with Crippen LogP contribution in [0.3, 0.4) is 0 Å². The Labute approximate surface area is 176 Å². The number of benzene rings is 2. The topological polar surface area (TPSA) is 69.7 Å². The molecule has 0 spiro atoms. The van der Waals surface area contributed by atoms with E-state index in [0.29, 0.717) is 18.0 Å². The Hall–Kier alpha value is -1.96. The van der Waals surface area contributed by atoms with Crippen LogP contribution in [0.4, 0.5) is 11.4 Å². The summed E-state index contributed by atoms with van der Waals surface area (Å²) in [4.78, 5) is 14.4. The molecule has 0 aliphatic rings. The third-order valence-electron chi connectivity index (χ3n) is 4.05. The van der Waals surface area contributed by atoms with E-state index in [1.54, 1.807) is 6.07 Å². The van der Waals surface area contributed by atoms with Crippen LogP contribution in [0.15, 0.2) is 48.5 Å². The first kappa shape index (κ1) is 22.3. The van der Waals surface area contributed by atoms with Gasteiger partial charge in [-0.15, -0.1) is 0 Å². The van der Waals surface area contributed by atoms with Crippen LogP contribution in [0.25, 0.3) is 0 Å². The predicted molar refractivity (Wildman–Crippen MR) is 116 cm³/mol. The molecule has 0 saturated carbocycles. The van der Waals surface area contributed by atoms with E-state index >= 15 is 0 Å². The summed E-state index contributed by atoms with van der Waals surface area (Å²) in [5.74, 6) is -0.413. The van der Waals surface area contributed by atoms with Gasteiger partial charge in [0.2, 0.25) is 15.9 Å². The smallest absolute Gasteiger partial charge is 0.240 e. The average molecular weight is 444 g/mol. The number of amides is 1. The second-order valence-electron chi connectivity index (χ2n) is 6.33. The zero-order chi connectivity index (χ0) is 20.7. The summed E-state index contributed by atoms with van der Waals surface area (Å²) in [6, 6.07) is 14.4. The fourth-order valence-corrected chi connectivity index (χ4v) is 3.90. The molecule has 1 amide bonds. The van der Waals surface area contributed by atoms with Crippen molar-refractivity contribution in [3.05, 3.63) is 58.6 Å². The normalized spacial score (nSPS) is 11.1. The Morgan fingerprint density at radius 2 is 1.79 bits per heavy atom. The van der Waals surface area contributed by atoms with Crippen LogP contribution in [0.5, 0.6) is 0 Å². The molecule has 2 aromatic rings. The molecule has 0 fully saturated rings. The number of para-hydroxylation sites is 1. The molecular formula is C19H23Cl2N3O3S. The highest BCUT2D eigenvalue weighted by atomic mass is 35.5. The number of carbonyl (C=O) groups is 1. The van der Waals surface area contributed by atoms with Crippen LogP contribution in [0.1, 0.15) is 6.42 Å². The third-order valence-corrected chi connectivity index (χ3v) is 5.74.